The summed E-state index contributed by atoms with van der Waals surface area (Å²) in [6, 6.07) is 0. The normalized spacial score (nSPS) is 23.4. The van der Waals surface area contributed by atoms with Crippen LogP contribution in [0.2, 0.25) is 0 Å². The minimum absolute atomic E-state index is 0.300. The summed E-state index contributed by atoms with van der Waals surface area (Å²) in [4.78, 5) is 15.3. The molecule has 0 N–H and O–H groups in total. The molecular formula is C17H29NO. The third kappa shape index (κ3) is 3.68. The first-order valence-electron chi connectivity index (χ1n) is 8.11. The summed E-state index contributed by atoms with van der Waals surface area (Å²) in [6.07, 6.45) is 13.2. The first-order valence-corrected chi connectivity index (χ1v) is 8.11. The maximum Gasteiger partial charge on any atom is 0.178 e. The Bertz CT molecular complexity index is 337. The van der Waals surface area contributed by atoms with Gasteiger partial charge >= 0.3 is 0 Å². The highest BCUT2D eigenvalue weighted by Crippen LogP contribution is 2.27. The summed E-state index contributed by atoms with van der Waals surface area (Å²) in [7, 11) is 0. The topological polar surface area (TPSA) is 20.3 Å². The second kappa shape index (κ2) is 6.69. The van der Waals surface area contributed by atoms with E-state index in [1.54, 1.807) is 0 Å². The maximum absolute atomic E-state index is 12.9. The fourth-order valence-corrected chi connectivity index (χ4v) is 3.39. The number of hydrogen-bond donors (Lipinski definition) is 0. The molecule has 2 rings (SSSR count). The van der Waals surface area contributed by atoms with Crippen molar-refractivity contribution in [1.82, 2.24) is 4.90 Å². The largest absolute Gasteiger partial charge is 0.292 e. The van der Waals surface area contributed by atoms with Gasteiger partial charge in [-0.1, -0.05) is 25.3 Å². The Hall–Kier alpha value is -0.630. The van der Waals surface area contributed by atoms with Crippen LogP contribution in [0.1, 0.15) is 71.6 Å². The number of carbonyl (C=O) groups is 1. The fourth-order valence-electron chi connectivity index (χ4n) is 3.39. The van der Waals surface area contributed by atoms with Gasteiger partial charge < -0.3 is 0 Å². The monoisotopic (exact) mass is 263 g/mol. The van der Waals surface area contributed by atoms with Crippen molar-refractivity contribution in [3.8, 4) is 0 Å². The van der Waals surface area contributed by atoms with E-state index in [4.69, 9.17) is 0 Å². The van der Waals surface area contributed by atoms with Crippen LogP contribution in [0.5, 0.6) is 0 Å². The Kier molecular flexibility index (Phi) is 5.20. The van der Waals surface area contributed by atoms with E-state index < -0.39 is 0 Å². The van der Waals surface area contributed by atoms with Crippen LogP contribution in [0, 0.1) is 0 Å². The van der Waals surface area contributed by atoms with Gasteiger partial charge in [-0.25, -0.2) is 0 Å². The number of hydrogen-bond acceptors (Lipinski definition) is 2. The van der Waals surface area contributed by atoms with Gasteiger partial charge in [0, 0.05) is 0 Å². The Balaban J connectivity index is 2.06. The van der Waals surface area contributed by atoms with Crippen molar-refractivity contribution >= 4 is 5.78 Å². The van der Waals surface area contributed by atoms with E-state index in [0.717, 1.165) is 31.5 Å². The molecule has 0 bridgehead atoms. The molecule has 0 radical (unpaired) electrons. The van der Waals surface area contributed by atoms with Crippen molar-refractivity contribution < 1.29 is 4.79 Å². The number of ketones is 1. The smallest absolute Gasteiger partial charge is 0.178 e. The SMILES string of the molecule is CC(C)(C(=O)C1=CCCCCCC1)N1CCCCC1. The van der Waals surface area contributed by atoms with Crippen molar-refractivity contribution in [2.75, 3.05) is 13.1 Å². The van der Waals surface area contributed by atoms with Crippen LogP contribution in [-0.4, -0.2) is 29.3 Å². The second-order valence-electron chi connectivity index (χ2n) is 6.62. The van der Waals surface area contributed by atoms with Gasteiger partial charge in [-0.05, 0) is 71.0 Å². The molecule has 1 aliphatic heterocycles. The van der Waals surface area contributed by atoms with E-state index in [-0.39, 0.29) is 5.54 Å². The summed E-state index contributed by atoms with van der Waals surface area (Å²) in [5, 5.41) is 0. The van der Waals surface area contributed by atoms with Gasteiger partial charge in [0.25, 0.3) is 0 Å². The molecule has 1 saturated heterocycles. The van der Waals surface area contributed by atoms with Crippen LogP contribution in [0.15, 0.2) is 11.6 Å². The van der Waals surface area contributed by atoms with E-state index in [9.17, 15) is 4.79 Å². The average molecular weight is 263 g/mol. The molecule has 2 nitrogen and oxygen atoms in total. The standard InChI is InChI=1S/C17H29NO/c1-17(2,18-13-9-6-10-14-18)16(19)15-11-7-4-3-5-8-12-15/h11H,3-10,12-14H2,1-2H3. The highest BCUT2D eigenvalue weighted by Gasteiger charge is 2.36. The minimum atomic E-state index is -0.300. The average Bonchev–Trinajstić information content (AvgIpc) is 2.39. The first-order chi connectivity index (χ1) is 9.12. The Morgan fingerprint density at radius 1 is 1.00 bits per heavy atom. The van der Waals surface area contributed by atoms with E-state index in [1.807, 2.05) is 0 Å². The number of likely N-dealkylation sites (tertiary alicyclic amines) is 1. The predicted molar refractivity (Wildman–Crippen MR) is 80.3 cm³/mol. The molecule has 2 aliphatic rings. The third-order valence-corrected chi connectivity index (χ3v) is 4.78. The molecule has 19 heavy (non-hydrogen) atoms. The Labute approximate surface area is 118 Å². The Morgan fingerprint density at radius 3 is 2.37 bits per heavy atom. The molecule has 0 aromatic heterocycles. The van der Waals surface area contributed by atoms with Crippen LogP contribution in [0.4, 0.5) is 0 Å². The summed E-state index contributed by atoms with van der Waals surface area (Å²) < 4.78 is 0. The van der Waals surface area contributed by atoms with Gasteiger partial charge in [-0.15, -0.1) is 0 Å². The van der Waals surface area contributed by atoms with Crippen LogP contribution < -0.4 is 0 Å². The molecule has 108 valence electrons. The molecule has 0 aromatic rings. The zero-order valence-corrected chi connectivity index (χ0v) is 12.7. The molecule has 0 spiro atoms. The lowest BCUT2D eigenvalue weighted by molar-refractivity contribution is -0.126. The highest BCUT2D eigenvalue weighted by molar-refractivity contribution is 6.02. The number of Topliss-reactive ketones (excluding diaryl/α,β-unsaturated/α-hetero) is 1. The molecular weight excluding hydrogens is 234 g/mol. The second-order valence-corrected chi connectivity index (χ2v) is 6.62. The van der Waals surface area contributed by atoms with E-state index in [0.29, 0.717) is 5.78 Å². The molecule has 0 atom stereocenters. The number of carbonyl (C=O) groups excluding carboxylic acids is 1. The molecule has 0 amide bonds. The summed E-state index contributed by atoms with van der Waals surface area (Å²) in [5.74, 6) is 0.385. The number of nitrogens with zero attached hydrogens (tertiary/aromatic N) is 1. The number of rotatable bonds is 3. The van der Waals surface area contributed by atoms with Crippen molar-refractivity contribution in [2.45, 2.75) is 77.2 Å². The molecule has 0 aromatic carbocycles. The zero-order chi connectivity index (χ0) is 13.7. The molecule has 1 aliphatic carbocycles. The van der Waals surface area contributed by atoms with Gasteiger partial charge in [-0.3, -0.25) is 9.69 Å². The van der Waals surface area contributed by atoms with Crippen LogP contribution in [0.25, 0.3) is 0 Å². The van der Waals surface area contributed by atoms with Gasteiger partial charge in [0.1, 0.15) is 0 Å². The zero-order valence-electron chi connectivity index (χ0n) is 12.7. The lowest BCUT2D eigenvalue weighted by Crippen LogP contribution is -2.52. The molecule has 0 saturated carbocycles. The summed E-state index contributed by atoms with van der Waals surface area (Å²) >= 11 is 0. The van der Waals surface area contributed by atoms with E-state index in [1.165, 1.54) is 44.9 Å². The molecule has 1 fully saturated rings. The minimum Gasteiger partial charge on any atom is -0.292 e. The predicted octanol–water partition coefficient (Wildman–Crippen LogP) is 4.10. The van der Waals surface area contributed by atoms with Gasteiger partial charge in [0.15, 0.2) is 5.78 Å². The number of piperidine rings is 1. The van der Waals surface area contributed by atoms with Crippen molar-refractivity contribution in [3.63, 3.8) is 0 Å². The van der Waals surface area contributed by atoms with Crippen LogP contribution in [-0.2, 0) is 4.79 Å². The quantitative estimate of drug-likeness (QED) is 0.764. The lowest BCUT2D eigenvalue weighted by Gasteiger charge is -2.40. The van der Waals surface area contributed by atoms with Gasteiger partial charge in [-0.2, -0.15) is 0 Å². The molecule has 1 heterocycles. The Morgan fingerprint density at radius 2 is 1.63 bits per heavy atom. The van der Waals surface area contributed by atoms with Crippen molar-refractivity contribution in [1.29, 1.82) is 0 Å². The van der Waals surface area contributed by atoms with E-state index >= 15 is 0 Å². The van der Waals surface area contributed by atoms with Crippen LogP contribution in [0.3, 0.4) is 0 Å². The number of allylic oxidation sites excluding steroid dienone is 1. The lowest BCUT2D eigenvalue weighted by atomic mass is 9.85. The van der Waals surface area contributed by atoms with Crippen LogP contribution >= 0.6 is 0 Å². The van der Waals surface area contributed by atoms with E-state index in [2.05, 4.69) is 24.8 Å². The third-order valence-electron chi connectivity index (χ3n) is 4.78. The van der Waals surface area contributed by atoms with Gasteiger partial charge in [0.05, 0.1) is 5.54 Å². The van der Waals surface area contributed by atoms with Crippen molar-refractivity contribution in [3.05, 3.63) is 11.6 Å². The van der Waals surface area contributed by atoms with Gasteiger partial charge in [0.2, 0.25) is 0 Å². The van der Waals surface area contributed by atoms with Crippen molar-refractivity contribution in [2.24, 2.45) is 0 Å². The summed E-state index contributed by atoms with van der Waals surface area (Å²) in [5.41, 5.74) is 0.807. The highest BCUT2D eigenvalue weighted by atomic mass is 16.1. The summed E-state index contributed by atoms with van der Waals surface area (Å²) in [6.45, 7) is 6.43. The fraction of sp³-hybridized carbons (Fsp3) is 0.824. The first kappa shape index (κ1) is 14.8. The maximum atomic E-state index is 12.9. The molecule has 0 unspecified atom stereocenters. The molecule has 2 heteroatoms.